The molecule has 1 aromatic heterocycles. The van der Waals surface area contributed by atoms with Crippen molar-refractivity contribution in [2.75, 3.05) is 12.4 Å². The van der Waals surface area contributed by atoms with E-state index in [1.807, 2.05) is 19.1 Å². The molecule has 6 nitrogen and oxygen atoms in total. The molecule has 1 amide bonds. The second-order valence-corrected chi connectivity index (χ2v) is 4.69. The highest BCUT2D eigenvalue weighted by Gasteiger charge is 2.02. The smallest absolute Gasteiger partial charge is 0.305 e. The van der Waals surface area contributed by atoms with Crippen molar-refractivity contribution in [1.82, 2.24) is 4.98 Å². The maximum Gasteiger partial charge on any atom is 0.305 e. The van der Waals surface area contributed by atoms with Gasteiger partial charge in [-0.25, -0.2) is 0 Å². The Labute approximate surface area is 128 Å². The summed E-state index contributed by atoms with van der Waals surface area (Å²) in [4.78, 5) is 35.2. The summed E-state index contributed by atoms with van der Waals surface area (Å²) < 4.78 is 4.26. The van der Waals surface area contributed by atoms with E-state index in [9.17, 15) is 14.4 Å². The first kappa shape index (κ1) is 17.4. The largest absolute Gasteiger partial charge is 0.469 e. The van der Waals surface area contributed by atoms with Gasteiger partial charge in [0.1, 0.15) is 0 Å². The lowest BCUT2D eigenvalue weighted by Crippen LogP contribution is -2.09. The van der Waals surface area contributed by atoms with Crippen molar-refractivity contribution in [3.63, 3.8) is 0 Å². The number of hydrogen-bond donors (Lipinski definition) is 2. The van der Waals surface area contributed by atoms with Crippen molar-refractivity contribution < 1.29 is 14.3 Å². The van der Waals surface area contributed by atoms with Crippen LogP contribution in [0.2, 0.25) is 0 Å². The molecule has 0 aliphatic heterocycles. The molecule has 0 unspecified atom stereocenters. The van der Waals surface area contributed by atoms with Gasteiger partial charge in [-0.05, 0) is 30.5 Å². The number of nitrogens with one attached hydrogen (secondary N) is 2. The zero-order valence-electron chi connectivity index (χ0n) is 13.1. The Bertz CT molecular complexity index is 728. The van der Waals surface area contributed by atoms with Crippen LogP contribution in [0.3, 0.4) is 0 Å². The fraction of sp³-hybridized carbons (Fsp3) is 0.312. The second-order valence-electron chi connectivity index (χ2n) is 4.69. The molecule has 6 heteroatoms. The van der Waals surface area contributed by atoms with Crippen molar-refractivity contribution in [3.05, 3.63) is 40.3 Å². The van der Waals surface area contributed by atoms with Crippen molar-refractivity contribution in [3.8, 4) is 0 Å². The van der Waals surface area contributed by atoms with Gasteiger partial charge in [0, 0.05) is 30.1 Å². The standard InChI is InChI=1S/C12H12N2O2.C4H8O2/c1-7-5-9-3-4-10(14-8(2)15)6-11(9)12(16)13-7;1-3-4(5)6-2/h3-6H,1-2H3,(H,13,16)(H,14,15);3H2,1-2H3. The van der Waals surface area contributed by atoms with Crippen molar-refractivity contribution in [1.29, 1.82) is 0 Å². The summed E-state index contributed by atoms with van der Waals surface area (Å²) in [6.45, 7) is 5.03. The molecule has 0 bridgehead atoms. The van der Waals surface area contributed by atoms with Gasteiger partial charge < -0.3 is 15.0 Å². The summed E-state index contributed by atoms with van der Waals surface area (Å²) in [5, 5.41) is 4.10. The van der Waals surface area contributed by atoms with Crippen LogP contribution < -0.4 is 10.9 Å². The predicted molar refractivity (Wildman–Crippen MR) is 85.9 cm³/mol. The topological polar surface area (TPSA) is 88.3 Å². The van der Waals surface area contributed by atoms with E-state index in [-0.39, 0.29) is 17.4 Å². The first-order chi connectivity index (χ1) is 10.4. The van der Waals surface area contributed by atoms with Gasteiger partial charge in [0.05, 0.1) is 7.11 Å². The number of esters is 1. The number of ether oxygens (including phenoxy) is 1. The Morgan fingerprint density at radius 2 is 1.95 bits per heavy atom. The zero-order valence-corrected chi connectivity index (χ0v) is 13.1. The maximum atomic E-state index is 11.7. The normalized spacial score (nSPS) is 9.64. The monoisotopic (exact) mass is 304 g/mol. The molecule has 0 saturated heterocycles. The van der Waals surface area contributed by atoms with Crippen molar-refractivity contribution in [2.45, 2.75) is 27.2 Å². The van der Waals surface area contributed by atoms with Gasteiger partial charge in [-0.2, -0.15) is 0 Å². The number of aryl methyl sites for hydroxylation is 1. The average Bonchev–Trinajstić information content (AvgIpc) is 2.47. The molecule has 0 radical (unpaired) electrons. The van der Waals surface area contributed by atoms with E-state index < -0.39 is 0 Å². The third-order valence-electron chi connectivity index (χ3n) is 2.82. The minimum atomic E-state index is -0.157. The Morgan fingerprint density at radius 3 is 2.45 bits per heavy atom. The maximum absolute atomic E-state index is 11.7. The molecule has 0 aliphatic rings. The van der Waals surface area contributed by atoms with Crippen LogP contribution in [0.1, 0.15) is 26.0 Å². The first-order valence-corrected chi connectivity index (χ1v) is 6.85. The minimum Gasteiger partial charge on any atom is -0.469 e. The summed E-state index contributed by atoms with van der Waals surface area (Å²) in [6, 6.07) is 7.18. The second kappa shape index (κ2) is 7.97. The van der Waals surface area contributed by atoms with E-state index in [0.29, 0.717) is 17.5 Å². The van der Waals surface area contributed by atoms with Gasteiger partial charge in [0.25, 0.3) is 5.56 Å². The molecule has 0 fully saturated rings. The van der Waals surface area contributed by atoms with Gasteiger partial charge >= 0.3 is 5.97 Å². The number of H-pyrrole nitrogens is 1. The van der Waals surface area contributed by atoms with Gasteiger partial charge in [-0.3, -0.25) is 14.4 Å². The highest BCUT2D eigenvalue weighted by atomic mass is 16.5. The number of hydrogen-bond acceptors (Lipinski definition) is 4. The number of rotatable bonds is 2. The summed E-state index contributed by atoms with van der Waals surface area (Å²) >= 11 is 0. The van der Waals surface area contributed by atoms with Crippen LogP contribution in [0.15, 0.2) is 29.1 Å². The summed E-state index contributed by atoms with van der Waals surface area (Å²) in [5.41, 5.74) is 1.32. The van der Waals surface area contributed by atoms with Crippen LogP contribution in [0.5, 0.6) is 0 Å². The van der Waals surface area contributed by atoms with E-state index in [4.69, 9.17) is 0 Å². The van der Waals surface area contributed by atoms with E-state index in [1.54, 1.807) is 19.1 Å². The molecule has 22 heavy (non-hydrogen) atoms. The van der Waals surface area contributed by atoms with Crippen LogP contribution in [0.25, 0.3) is 10.8 Å². The number of benzene rings is 1. The molecule has 2 rings (SSSR count). The molecule has 118 valence electrons. The fourth-order valence-corrected chi connectivity index (χ4v) is 1.82. The van der Waals surface area contributed by atoms with Gasteiger partial charge in [-0.1, -0.05) is 13.0 Å². The lowest BCUT2D eigenvalue weighted by molar-refractivity contribution is -0.140. The molecule has 0 saturated carbocycles. The number of anilines is 1. The average molecular weight is 304 g/mol. The quantitative estimate of drug-likeness (QED) is 0.834. The molecular weight excluding hydrogens is 284 g/mol. The Kier molecular flexibility index (Phi) is 6.31. The molecule has 2 aromatic rings. The Balaban J connectivity index is 0.000000346. The van der Waals surface area contributed by atoms with Crippen molar-refractivity contribution >= 4 is 28.3 Å². The lowest BCUT2D eigenvalue weighted by Gasteiger charge is -2.04. The molecule has 0 spiro atoms. The van der Waals surface area contributed by atoms with Gasteiger partial charge in [0.15, 0.2) is 0 Å². The summed E-state index contributed by atoms with van der Waals surface area (Å²) in [7, 11) is 1.38. The van der Waals surface area contributed by atoms with Crippen LogP contribution in [-0.4, -0.2) is 24.0 Å². The molecular formula is C16H20N2O4. The van der Waals surface area contributed by atoms with E-state index >= 15 is 0 Å². The molecule has 0 aliphatic carbocycles. The van der Waals surface area contributed by atoms with Crippen LogP contribution in [0.4, 0.5) is 5.69 Å². The molecule has 2 N–H and O–H groups in total. The SMILES string of the molecule is CC(=O)Nc1ccc2cc(C)[nH]c(=O)c2c1.CCC(=O)OC. The molecule has 1 aromatic carbocycles. The number of aromatic amines is 1. The third-order valence-corrected chi connectivity index (χ3v) is 2.82. The van der Waals surface area contributed by atoms with Crippen LogP contribution in [0, 0.1) is 6.92 Å². The number of methoxy groups -OCH3 is 1. The summed E-state index contributed by atoms with van der Waals surface area (Å²) in [6.07, 6.45) is 0.469. The number of fused-ring (bicyclic) bond motifs is 1. The van der Waals surface area contributed by atoms with Gasteiger partial charge in [0.2, 0.25) is 5.91 Å². The minimum absolute atomic E-state index is 0.137. The van der Waals surface area contributed by atoms with E-state index in [0.717, 1.165) is 11.1 Å². The number of carbonyl (C=O) groups is 2. The molecule has 0 atom stereocenters. The lowest BCUT2D eigenvalue weighted by atomic mass is 10.1. The number of carbonyl (C=O) groups excluding carboxylic acids is 2. The predicted octanol–water partition coefficient (Wildman–Crippen LogP) is 2.36. The van der Waals surface area contributed by atoms with Crippen LogP contribution in [-0.2, 0) is 14.3 Å². The number of aromatic nitrogens is 1. The zero-order chi connectivity index (χ0) is 16.7. The van der Waals surface area contributed by atoms with E-state index in [1.165, 1.54) is 14.0 Å². The number of amides is 1. The third kappa shape index (κ3) is 5.05. The first-order valence-electron chi connectivity index (χ1n) is 6.85. The fourth-order valence-electron chi connectivity index (χ4n) is 1.82. The Hall–Kier alpha value is -2.63. The van der Waals surface area contributed by atoms with Crippen LogP contribution >= 0.6 is 0 Å². The van der Waals surface area contributed by atoms with E-state index in [2.05, 4.69) is 15.0 Å². The van der Waals surface area contributed by atoms with Gasteiger partial charge in [-0.15, -0.1) is 0 Å². The van der Waals surface area contributed by atoms with Crippen molar-refractivity contribution in [2.24, 2.45) is 0 Å². The highest BCUT2D eigenvalue weighted by molar-refractivity contribution is 5.92. The highest BCUT2D eigenvalue weighted by Crippen LogP contribution is 2.16. The Morgan fingerprint density at radius 1 is 1.27 bits per heavy atom. The molecule has 1 heterocycles. The summed E-state index contributed by atoms with van der Waals surface area (Å²) in [5.74, 6) is -0.308. The number of pyridine rings is 1.